The van der Waals surface area contributed by atoms with Gasteiger partial charge >= 0.3 is 5.97 Å². The number of nitrogens with one attached hydrogen (secondary N) is 1. The number of esters is 1. The molecule has 1 aliphatic rings. The molecule has 0 unspecified atom stereocenters. The number of rotatable bonds is 3. The van der Waals surface area contributed by atoms with Gasteiger partial charge in [-0.2, -0.15) is 0 Å². The molecular weight excluding hydrogens is 266 g/mol. The molecule has 108 valence electrons. The normalized spacial score (nSPS) is 13.5. The van der Waals surface area contributed by atoms with Gasteiger partial charge < -0.3 is 9.72 Å². The monoisotopic (exact) mass is 283 g/mol. The van der Waals surface area contributed by atoms with Gasteiger partial charge in [0.25, 0.3) is 5.56 Å². The third kappa shape index (κ3) is 3.05. The minimum Gasteiger partial charge on any atom is -0.457 e. The lowest BCUT2D eigenvalue weighted by molar-refractivity contribution is 0.0470. The van der Waals surface area contributed by atoms with Gasteiger partial charge in [0, 0.05) is 5.69 Å². The summed E-state index contributed by atoms with van der Waals surface area (Å²) in [4.78, 5) is 26.9. The van der Waals surface area contributed by atoms with Crippen LogP contribution in [0.15, 0.2) is 41.2 Å². The van der Waals surface area contributed by atoms with Crippen molar-refractivity contribution in [3.05, 3.63) is 69.1 Å². The minimum atomic E-state index is -0.562. The highest BCUT2D eigenvalue weighted by atomic mass is 16.5. The van der Waals surface area contributed by atoms with Crippen molar-refractivity contribution < 1.29 is 9.53 Å². The van der Waals surface area contributed by atoms with Gasteiger partial charge in [-0.05, 0) is 42.9 Å². The average molecular weight is 283 g/mol. The fraction of sp³-hybridized carbons (Fsp3) is 0.294. The van der Waals surface area contributed by atoms with Crippen LogP contribution in [0.5, 0.6) is 0 Å². The summed E-state index contributed by atoms with van der Waals surface area (Å²) < 4.78 is 5.23. The van der Waals surface area contributed by atoms with Crippen LogP contribution in [0.2, 0.25) is 0 Å². The molecule has 4 nitrogen and oxygen atoms in total. The molecule has 0 saturated carbocycles. The van der Waals surface area contributed by atoms with Crippen LogP contribution in [0.25, 0.3) is 0 Å². The number of benzene rings is 1. The predicted octanol–water partition coefficient (Wildman–Crippen LogP) is 2.61. The first-order valence-corrected chi connectivity index (χ1v) is 7.20. The zero-order valence-electron chi connectivity index (χ0n) is 11.7. The number of hydrogen-bond donors (Lipinski definition) is 1. The van der Waals surface area contributed by atoms with Gasteiger partial charge in [0.1, 0.15) is 12.2 Å². The third-order valence-corrected chi connectivity index (χ3v) is 3.77. The second-order valence-corrected chi connectivity index (χ2v) is 5.28. The molecule has 1 aliphatic carbocycles. The fourth-order valence-corrected chi connectivity index (χ4v) is 2.63. The Bertz CT molecular complexity index is 704. The third-order valence-electron chi connectivity index (χ3n) is 3.77. The second kappa shape index (κ2) is 5.95. The molecule has 0 saturated heterocycles. The van der Waals surface area contributed by atoms with Gasteiger partial charge in [-0.25, -0.2) is 4.79 Å². The molecule has 0 fully saturated rings. The molecule has 4 heteroatoms. The number of aromatic amines is 1. The van der Waals surface area contributed by atoms with Crippen molar-refractivity contribution in [3.63, 3.8) is 0 Å². The van der Waals surface area contributed by atoms with E-state index in [-0.39, 0.29) is 17.7 Å². The molecule has 1 N–H and O–H groups in total. The van der Waals surface area contributed by atoms with E-state index in [1.54, 1.807) is 6.07 Å². The zero-order chi connectivity index (χ0) is 14.7. The van der Waals surface area contributed by atoms with E-state index in [1.165, 1.54) is 0 Å². The van der Waals surface area contributed by atoms with Crippen molar-refractivity contribution >= 4 is 5.97 Å². The maximum absolute atomic E-state index is 12.1. The summed E-state index contributed by atoms with van der Waals surface area (Å²) >= 11 is 0. The van der Waals surface area contributed by atoms with E-state index in [9.17, 15) is 9.59 Å². The van der Waals surface area contributed by atoms with Crippen LogP contribution in [0, 0.1) is 0 Å². The van der Waals surface area contributed by atoms with Crippen LogP contribution in [-0.2, 0) is 24.2 Å². The molecule has 0 amide bonds. The van der Waals surface area contributed by atoms with E-state index in [2.05, 4.69) is 4.98 Å². The summed E-state index contributed by atoms with van der Waals surface area (Å²) in [5, 5.41) is 0. The van der Waals surface area contributed by atoms with Crippen LogP contribution in [0.1, 0.15) is 40.0 Å². The summed E-state index contributed by atoms with van der Waals surface area (Å²) in [6.07, 6.45) is 3.97. The molecule has 0 radical (unpaired) electrons. The summed E-state index contributed by atoms with van der Waals surface area (Å²) in [6, 6.07) is 11.1. The number of aromatic nitrogens is 1. The number of aryl methyl sites for hydroxylation is 2. The molecule has 0 spiro atoms. The van der Waals surface area contributed by atoms with Crippen LogP contribution in [0.3, 0.4) is 0 Å². The summed E-state index contributed by atoms with van der Waals surface area (Å²) in [5.74, 6) is -0.562. The molecule has 0 atom stereocenters. The molecular formula is C17H17NO3. The largest absolute Gasteiger partial charge is 0.457 e. The number of pyridine rings is 1. The van der Waals surface area contributed by atoms with Crippen molar-refractivity contribution in [2.24, 2.45) is 0 Å². The molecule has 0 bridgehead atoms. The maximum Gasteiger partial charge on any atom is 0.344 e. The highest BCUT2D eigenvalue weighted by Crippen LogP contribution is 2.18. The standard InChI is InChI=1S/C17H17NO3/c19-16-14(10-13-8-4-5-9-15(13)18-16)17(20)21-11-12-6-2-1-3-7-12/h1-3,6-7,10H,4-5,8-9,11H2,(H,18,19). The first kappa shape index (κ1) is 13.6. The molecule has 0 aliphatic heterocycles. The van der Waals surface area contributed by atoms with E-state index in [4.69, 9.17) is 4.74 Å². The van der Waals surface area contributed by atoms with Crippen molar-refractivity contribution in [2.45, 2.75) is 32.3 Å². The number of hydrogen-bond acceptors (Lipinski definition) is 3. The van der Waals surface area contributed by atoms with E-state index >= 15 is 0 Å². The molecule has 21 heavy (non-hydrogen) atoms. The Hall–Kier alpha value is -2.36. The average Bonchev–Trinajstić information content (AvgIpc) is 2.53. The van der Waals surface area contributed by atoms with Crippen LogP contribution < -0.4 is 5.56 Å². The van der Waals surface area contributed by atoms with Gasteiger partial charge in [0.15, 0.2) is 0 Å². The van der Waals surface area contributed by atoms with Gasteiger partial charge in [-0.1, -0.05) is 30.3 Å². The molecule has 1 aromatic carbocycles. The second-order valence-electron chi connectivity index (χ2n) is 5.28. The summed E-state index contributed by atoms with van der Waals surface area (Å²) in [7, 11) is 0. The Morgan fingerprint density at radius 3 is 2.71 bits per heavy atom. The topological polar surface area (TPSA) is 59.2 Å². The lowest BCUT2D eigenvalue weighted by Crippen LogP contribution is -2.23. The first-order valence-electron chi connectivity index (χ1n) is 7.20. The van der Waals surface area contributed by atoms with Crippen LogP contribution >= 0.6 is 0 Å². The fourth-order valence-electron chi connectivity index (χ4n) is 2.63. The van der Waals surface area contributed by atoms with E-state index in [1.807, 2.05) is 30.3 Å². The van der Waals surface area contributed by atoms with E-state index in [0.717, 1.165) is 42.5 Å². The number of carbonyl (C=O) groups excluding carboxylic acids is 1. The lowest BCUT2D eigenvalue weighted by Gasteiger charge is -2.15. The SMILES string of the molecule is O=C(OCc1ccccc1)c1cc2c([nH]c1=O)CCCC2. The highest BCUT2D eigenvalue weighted by Gasteiger charge is 2.18. The Labute approximate surface area is 122 Å². The molecule has 3 rings (SSSR count). The smallest absolute Gasteiger partial charge is 0.344 e. The Kier molecular flexibility index (Phi) is 3.86. The Morgan fingerprint density at radius 2 is 1.90 bits per heavy atom. The van der Waals surface area contributed by atoms with Crippen molar-refractivity contribution in [1.82, 2.24) is 4.98 Å². The van der Waals surface area contributed by atoms with Gasteiger partial charge in [-0.15, -0.1) is 0 Å². The number of H-pyrrole nitrogens is 1. The van der Waals surface area contributed by atoms with Gasteiger partial charge in [0.05, 0.1) is 0 Å². The van der Waals surface area contributed by atoms with Crippen LogP contribution in [-0.4, -0.2) is 11.0 Å². The highest BCUT2D eigenvalue weighted by molar-refractivity contribution is 5.89. The number of ether oxygens (including phenoxy) is 1. The minimum absolute atomic E-state index is 0.103. The molecule has 1 heterocycles. The Balaban J connectivity index is 1.77. The van der Waals surface area contributed by atoms with E-state index in [0.29, 0.717) is 0 Å². The summed E-state index contributed by atoms with van der Waals surface area (Å²) in [5.41, 5.74) is 2.68. The Morgan fingerprint density at radius 1 is 1.14 bits per heavy atom. The number of carbonyl (C=O) groups is 1. The lowest BCUT2D eigenvalue weighted by atomic mass is 9.95. The van der Waals surface area contributed by atoms with Gasteiger partial charge in [0.2, 0.25) is 0 Å². The number of fused-ring (bicyclic) bond motifs is 1. The zero-order valence-corrected chi connectivity index (χ0v) is 11.7. The van der Waals surface area contributed by atoms with Crippen molar-refractivity contribution in [2.75, 3.05) is 0 Å². The quantitative estimate of drug-likeness (QED) is 0.881. The van der Waals surface area contributed by atoms with Crippen molar-refractivity contribution in [1.29, 1.82) is 0 Å². The maximum atomic E-state index is 12.1. The van der Waals surface area contributed by atoms with Crippen molar-refractivity contribution in [3.8, 4) is 0 Å². The first-order chi connectivity index (χ1) is 10.2. The van der Waals surface area contributed by atoms with E-state index < -0.39 is 5.97 Å². The molecule has 2 aromatic rings. The predicted molar refractivity (Wildman–Crippen MR) is 79.3 cm³/mol. The van der Waals surface area contributed by atoms with Crippen LogP contribution in [0.4, 0.5) is 0 Å². The summed E-state index contributed by atoms with van der Waals surface area (Å²) in [6.45, 7) is 0.177. The molecule has 1 aromatic heterocycles. The van der Waals surface area contributed by atoms with Gasteiger partial charge in [-0.3, -0.25) is 4.79 Å².